The van der Waals surface area contributed by atoms with Crippen molar-refractivity contribution in [1.82, 2.24) is 15.1 Å². The van der Waals surface area contributed by atoms with E-state index >= 15 is 0 Å². The Morgan fingerprint density at radius 1 is 1.29 bits per heavy atom. The smallest absolute Gasteiger partial charge is 0.244 e. The first-order chi connectivity index (χ1) is 13.5. The lowest BCUT2D eigenvalue weighted by molar-refractivity contribution is -0.116. The molecule has 5 nitrogen and oxygen atoms in total. The zero-order valence-electron chi connectivity index (χ0n) is 16.9. The van der Waals surface area contributed by atoms with Gasteiger partial charge in [-0.25, -0.2) is 0 Å². The van der Waals surface area contributed by atoms with Crippen LogP contribution in [0.15, 0.2) is 30.3 Å². The summed E-state index contributed by atoms with van der Waals surface area (Å²) in [6, 6.07) is 8.28. The van der Waals surface area contributed by atoms with E-state index in [2.05, 4.69) is 47.4 Å². The van der Waals surface area contributed by atoms with Crippen LogP contribution in [0.5, 0.6) is 0 Å². The van der Waals surface area contributed by atoms with E-state index in [1.54, 1.807) is 10.8 Å². The standard InChI is InChI=1S/C22H29ClN4O/c1-16(2)15-27-22(23)19(17(3)25-27)10-11-21(28)24-14-18-8-4-5-9-20(18)26-12-6-7-13-26/h4-5,8-11,16H,6-7,12-15H2,1-3H3,(H,24,28)/b11-10+. The number of halogens is 1. The number of hydrogen-bond donors (Lipinski definition) is 1. The molecule has 28 heavy (non-hydrogen) atoms. The third kappa shape index (κ3) is 4.96. The Kier molecular flexibility index (Phi) is 6.79. The van der Waals surface area contributed by atoms with Crippen LogP contribution in [0, 0.1) is 12.8 Å². The molecule has 0 unspecified atom stereocenters. The van der Waals surface area contributed by atoms with Crippen LogP contribution in [0.4, 0.5) is 5.69 Å². The Labute approximate surface area is 172 Å². The van der Waals surface area contributed by atoms with E-state index in [0.717, 1.165) is 36.5 Å². The number of hydrogen-bond acceptors (Lipinski definition) is 3. The van der Waals surface area contributed by atoms with Gasteiger partial charge >= 0.3 is 0 Å². The van der Waals surface area contributed by atoms with Crippen molar-refractivity contribution in [3.63, 3.8) is 0 Å². The van der Waals surface area contributed by atoms with E-state index in [9.17, 15) is 4.79 Å². The van der Waals surface area contributed by atoms with E-state index in [1.807, 2.05) is 13.0 Å². The summed E-state index contributed by atoms with van der Waals surface area (Å²) in [6.07, 6.45) is 5.75. The Morgan fingerprint density at radius 3 is 2.71 bits per heavy atom. The quantitative estimate of drug-likeness (QED) is 0.699. The molecule has 1 saturated heterocycles. The molecule has 0 aliphatic carbocycles. The molecule has 0 radical (unpaired) electrons. The topological polar surface area (TPSA) is 50.2 Å². The van der Waals surface area contributed by atoms with E-state index in [4.69, 9.17) is 11.6 Å². The number of benzene rings is 1. The fraction of sp³-hybridized carbons (Fsp3) is 0.455. The monoisotopic (exact) mass is 400 g/mol. The van der Waals surface area contributed by atoms with Crippen molar-refractivity contribution >= 4 is 29.3 Å². The highest BCUT2D eigenvalue weighted by molar-refractivity contribution is 6.31. The minimum absolute atomic E-state index is 0.136. The Morgan fingerprint density at radius 2 is 2.00 bits per heavy atom. The third-order valence-corrected chi connectivity index (χ3v) is 5.34. The lowest BCUT2D eigenvalue weighted by atomic mass is 10.1. The van der Waals surface area contributed by atoms with E-state index in [0.29, 0.717) is 17.6 Å². The lowest BCUT2D eigenvalue weighted by Crippen LogP contribution is -2.24. The van der Waals surface area contributed by atoms with Gasteiger partial charge < -0.3 is 10.2 Å². The number of rotatable bonds is 7. The summed E-state index contributed by atoms with van der Waals surface area (Å²) in [7, 11) is 0. The highest BCUT2D eigenvalue weighted by Crippen LogP contribution is 2.25. The van der Waals surface area contributed by atoms with Crippen LogP contribution in [0.25, 0.3) is 6.08 Å². The van der Waals surface area contributed by atoms with Gasteiger partial charge in [0.05, 0.1) is 5.69 Å². The van der Waals surface area contributed by atoms with Crippen LogP contribution in [0.2, 0.25) is 5.15 Å². The number of carbonyl (C=O) groups excluding carboxylic acids is 1. The van der Waals surface area contributed by atoms with Gasteiger partial charge in [-0.1, -0.05) is 43.6 Å². The Balaban J connectivity index is 1.63. The second-order valence-corrected chi connectivity index (χ2v) is 8.10. The van der Waals surface area contributed by atoms with Crippen molar-refractivity contribution < 1.29 is 4.79 Å². The van der Waals surface area contributed by atoms with E-state index in [1.165, 1.54) is 24.6 Å². The van der Waals surface area contributed by atoms with Gasteiger partial charge in [0.25, 0.3) is 0 Å². The maximum Gasteiger partial charge on any atom is 0.244 e. The SMILES string of the molecule is Cc1nn(CC(C)C)c(Cl)c1/C=C/C(=O)NCc1ccccc1N1CCCC1. The van der Waals surface area contributed by atoms with Crippen LogP contribution in [-0.4, -0.2) is 28.8 Å². The van der Waals surface area contributed by atoms with Crippen LogP contribution >= 0.6 is 11.6 Å². The first-order valence-corrected chi connectivity index (χ1v) is 10.3. The molecule has 1 aromatic carbocycles. The van der Waals surface area contributed by atoms with E-state index < -0.39 is 0 Å². The molecule has 1 aliphatic rings. The van der Waals surface area contributed by atoms with E-state index in [-0.39, 0.29) is 5.91 Å². The fourth-order valence-corrected chi connectivity index (χ4v) is 3.86. The van der Waals surface area contributed by atoms with Crippen molar-refractivity contribution in [1.29, 1.82) is 0 Å². The van der Waals surface area contributed by atoms with Crippen molar-refractivity contribution in [2.24, 2.45) is 5.92 Å². The summed E-state index contributed by atoms with van der Waals surface area (Å²) < 4.78 is 1.80. The molecule has 1 aliphatic heterocycles. The summed E-state index contributed by atoms with van der Waals surface area (Å²) in [4.78, 5) is 14.7. The number of aromatic nitrogens is 2. The molecule has 0 bridgehead atoms. The molecule has 150 valence electrons. The van der Waals surface area contributed by atoms with Crippen LogP contribution in [0.3, 0.4) is 0 Å². The third-order valence-electron chi connectivity index (χ3n) is 4.94. The molecular weight excluding hydrogens is 372 g/mol. The molecule has 0 atom stereocenters. The predicted molar refractivity (Wildman–Crippen MR) is 116 cm³/mol. The summed E-state index contributed by atoms with van der Waals surface area (Å²) in [5.41, 5.74) is 3.99. The number of carbonyl (C=O) groups is 1. The molecule has 1 fully saturated rings. The van der Waals surface area contributed by atoms with Crippen molar-refractivity contribution in [2.75, 3.05) is 18.0 Å². The fourth-order valence-electron chi connectivity index (χ4n) is 3.55. The number of aryl methyl sites for hydroxylation is 1. The maximum absolute atomic E-state index is 12.3. The molecule has 6 heteroatoms. The van der Waals surface area contributed by atoms with Crippen LogP contribution in [-0.2, 0) is 17.9 Å². The van der Waals surface area contributed by atoms with Gasteiger partial charge in [0, 0.05) is 43.5 Å². The molecule has 2 aromatic rings. The Bertz CT molecular complexity index is 850. The predicted octanol–water partition coefficient (Wildman–Crippen LogP) is 4.43. The van der Waals surface area contributed by atoms with Gasteiger partial charge in [-0.15, -0.1) is 0 Å². The summed E-state index contributed by atoms with van der Waals surface area (Å²) >= 11 is 6.44. The highest BCUT2D eigenvalue weighted by Gasteiger charge is 2.15. The zero-order valence-corrected chi connectivity index (χ0v) is 17.7. The highest BCUT2D eigenvalue weighted by atomic mass is 35.5. The van der Waals surface area contributed by atoms with Crippen molar-refractivity contribution in [3.8, 4) is 0 Å². The lowest BCUT2D eigenvalue weighted by Gasteiger charge is -2.21. The molecule has 1 N–H and O–H groups in total. The molecule has 0 spiro atoms. The second kappa shape index (κ2) is 9.28. The van der Waals surface area contributed by atoms with Crippen molar-refractivity contribution in [2.45, 2.75) is 46.7 Å². The average Bonchev–Trinajstić information content (AvgIpc) is 3.28. The average molecular weight is 401 g/mol. The first kappa shape index (κ1) is 20.5. The Hall–Kier alpha value is -2.27. The number of anilines is 1. The maximum atomic E-state index is 12.3. The molecule has 1 amide bonds. The number of para-hydroxylation sites is 1. The normalized spacial score (nSPS) is 14.4. The van der Waals surface area contributed by atoms with Gasteiger partial charge in [0.1, 0.15) is 5.15 Å². The minimum atomic E-state index is -0.136. The second-order valence-electron chi connectivity index (χ2n) is 7.74. The van der Waals surface area contributed by atoms with Gasteiger partial charge in [0.2, 0.25) is 5.91 Å². The van der Waals surface area contributed by atoms with Crippen LogP contribution in [0.1, 0.15) is 43.5 Å². The minimum Gasteiger partial charge on any atom is -0.371 e. The summed E-state index contributed by atoms with van der Waals surface area (Å²) in [5, 5.41) is 8.04. The van der Waals surface area contributed by atoms with Gasteiger partial charge in [-0.05, 0) is 43.4 Å². The first-order valence-electron chi connectivity index (χ1n) is 9.97. The van der Waals surface area contributed by atoms with Gasteiger partial charge in [0.15, 0.2) is 0 Å². The van der Waals surface area contributed by atoms with Crippen LogP contribution < -0.4 is 10.2 Å². The van der Waals surface area contributed by atoms with Crippen molar-refractivity contribution in [3.05, 3.63) is 52.3 Å². The van der Waals surface area contributed by atoms with Gasteiger partial charge in [-0.2, -0.15) is 5.10 Å². The molecular formula is C22H29ClN4O. The van der Waals surface area contributed by atoms with Gasteiger partial charge in [-0.3, -0.25) is 9.48 Å². The number of nitrogens with zero attached hydrogens (tertiary/aromatic N) is 3. The summed E-state index contributed by atoms with van der Waals surface area (Å²) in [5.74, 6) is 0.316. The molecule has 3 rings (SSSR count). The molecule has 0 saturated carbocycles. The largest absolute Gasteiger partial charge is 0.371 e. The number of amides is 1. The molecule has 1 aromatic heterocycles. The summed E-state index contributed by atoms with van der Waals surface area (Å²) in [6.45, 7) is 9.59. The number of nitrogens with one attached hydrogen (secondary N) is 1. The molecule has 2 heterocycles. The zero-order chi connectivity index (χ0) is 20.1.